The summed E-state index contributed by atoms with van der Waals surface area (Å²) in [6.45, 7) is 0. The first-order chi connectivity index (χ1) is 14.1. The summed E-state index contributed by atoms with van der Waals surface area (Å²) >= 11 is 0. The zero-order valence-corrected chi connectivity index (χ0v) is 14.9. The molecule has 1 aromatic heterocycles. The fourth-order valence-electron chi connectivity index (χ4n) is 2.57. The average molecular weight is 426 g/mol. The van der Waals surface area contributed by atoms with Crippen molar-refractivity contribution in [2.24, 2.45) is 5.10 Å². The topological polar surface area (TPSA) is 59.3 Å². The minimum atomic E-state index is -4.90. The molecule has 0 saturated carbocycles. The van der Waals surface area contributed by atoms with Crippen molar-refractivity contribution >= 4 is 12.1 Å². The van der Waals surface area contributed by atoms with Crippen LogP contribution >= 0.6 is 0 Å². The van der Waals surface area contributed by atoms with Crippen LogP contribution in [0.4, 0.5) is 26.3 Å². The van der Waals surface area contributed by atoms with Gasteiger partial charge >= 0.3 is 12.4 Å². The van der Waals surface area contributed by atoms with Crippen LogP contribution in [0.25, 0.3) is 5.69 Å². The van der Waals surface area contributed by atoms with Crippen molar-refractivity contribution in [1.82, 2.24) is 15.2 Å². The van der Waals surface area contributed by atoms with Crippen LogP contribution in [-0.2, 0) is 12.4 Å². The van der Waals surface area contributed by atoms with Gasteiger partial charge in [-0.1, -0.05) is 30.3 Å². The van der Waals surface area contributed by atoms with Crippen LogP contribution < -0.4 is 5.43 Å². The number of carbonyl (C=O) groups excluding carboxylic acids is 1. The van der Waals surface area contributed by atoms with E-state index in [2.05, 4.69) is 10.2 Å². The molecule has 2 aromatic carbocycles. The van der Waals surface area contributed by atoms with Crippen LogP contribution in [0.15, 0.2) is 65.9 Å². The molecule has 30 heavy (non-hydrogen) atoms. The van der Waals surface area contributed by atoms with Gasteiger partial charge in [0.2, 0.25) is 0 Å². The Kier molecular flexibility index (Phi) is 5.63. The summed E-state index contributed by atoms with van der Waals surface area (Å²) in [6.07, 6.45) is -7.84. The Bertz CT molecular complexity index is 1070. The van der Waals surface area contributed by atoms with Crippen LogP contribution in [0.1, 0.15) is 27.2 Å². The van der Waals surface area contributed by atoms with Crippen LogP contribution in [-0.4, -0.2) is 21.9 Å². The molecule has 0 unspecified atom stereocenters. The Morgan fingerprint density at radius 2 is 1.67 bits per heavy atom. The van der Waals surface area contributed by atoms with E-state index >= 15 is 0 Å². The molecule has 0 saturated heterocycles. The molecule has 0 spiro atoms. The van der Waals surface area contributed by atoms with Crippen LogP contribution in [0.5, 0.6) is 0 Å². The summed E-state index contributed by atoms with van der Waals surface area (Å²) in [5.41, 5.74) is -1.05. The van der Waals surface area contributed by atoms with Gasteiger partial charge in [0.1, 0.15) is 0 Å². The molecule has 3 rings (SSSR count). The molecule has 0 bridgehead atoms. The maximum absolute atomic E-state index is 13.5. The van der Waals surface area contributed by atoms with Crippen molar-refractivity contribution in [3.8, 4) is 5.69 Å². The second-order valence-corrected chi connectivity index (χ2v) is 5.97. The van der Waals surface area contributed by atoms with Gasteiger partial charge < -0.3 is 0 Å². The van der Waals surface area contributed by atoms with Crippen molar-refractivity contribution in [2.45, 2.75) is 12.4 Å². The normalized spacial score (nSPS) is 12.3. The Balaban J connectivity index is 1.84. The van der Waals surface area contributed by atoms with Crippen LogP contribution in [0, 0.1) is 0 Å². The zero-order valence-electron chi connectivity index (χ0n) is 14.9. The molecule has 11 heteroatoms. The number of rotatable bonds is 4. The number of para-hydroxylation sites is 1. The number of benzene rings is 2. The van der Waals surface area contributed by atoms with Gasteiger partial charge in [-0.15, -0.1) is 0 Å². The van der Waals surface area contributed by atoms with Gasteiger partial charge in [0, 0.05) is 0 Å². The molecule has 1 heterocycles. The lowest BCUT2D eigenvalue weighted by atomic mass is 10.1. The Morgan fingerprint density at radius 3 is 2.30 bits per heavy atom. The number of nitrogens with one attached hydrogen (secondary N) is 1. The van der Waals surface area contributed by atoms with Gasteiger partial charge in [-0.25, -0.2) is 10.1 Å². The fraction of sp³-hybridized carbons (Fsp3) is 0.105. The third-order valence-electron chi connectivity index (χ3n) is 3.88. The van der Waals surface area contributed by atoms with Crippen LogP contribution in [0.3, 0.4) is 0 Å². The molecule has 0 aliphatic heterocycles. The van der Waals surface area contributed by atoms with E-state index in [1.165, 1.54) is 30.3 Å². The van der Waals surface area contributed by atoms with Crippen molar-refractivity contribution in [1.29, 1.82) is 0 Å². The number of amides is 1. The van der Waals surface area contributed by atoms with Crippen molar-refractivity contribution in [2.75, 3.05) is 0 Å². The number of aromatic nitrogens is 2. The zero-order chi connectivity index (χ0) is 21.9. The highest BCUT2D eigenvalue weighted by Gasteiger charge is 2.40. The number of halogens is 6. The van der Waals surface area contributed by atoms with Crippen molar-refractivity contribution < 1.29 is 31.1 Å². The fourth-order valence-corrected chi connectivity index (χ4v) is 2.57. The van der Waals surface area contributed by atoms with Gasteiger partial charge in [0.15, 0.2) is 5.69 Å². The lowest BCUT2D eigenvalue weighted by Crippen LogP contribution is -2.23. The first kappa shape index (κ1) is 21.1. The molecule has 0 atom stereocenters. The summed E-state index contributed by atoms with van der Waals surface area (Å²) in [7, 11) is 0. The van der Waals surface area contributed by atoms with Gasteiger partial charge in [0.25, 0.3) is 5.91 Å². The monoisotopic (exact) mass is 426 g/mol. The van der Waals surface area contributed by atoms with E-state index in [4.69, 9.17) is 0 Å². The summed E-state index contributed by atoms with van der Waals surface area (Å²) in [4.78, 5) is 12.2. The number of hydrogen-bond acceptors (Lipinski definition) is 3. The molecule has 1 N–H and O–H groups in total. The SMILES string of the molecule is O=C(N/N=C\c1cccc(C(F)(F)F)c1)c1cnn(-c2ccccc2)c1C(F)(F)F. The number of alkyl halides is 6. The molecule has 156 valence electrons. The Labute approximate surface area is 165 Å². The predicted octanol–water partition coefficient (Wildman–Crippen LogP) is 4.67. The smallest absolute Gasteiger partial charge is 0.267 e. The van der Waals surface area contributed by atoms with Gasteiger partial charge in [-0.2, -0.15) is 36.5 Å². The van der Waals surface area contributed by atoms with E-state index in [0.29, 0.717) is 4.68 Å². The number of nitrogens with zero attached hydrogens (tertiary/aromatic N) is 3. The van der Waals surface area contributed by atoms with E-state index in [9.17, 15) is 31.1 Å². The number of hydrazone groups is 1. The largest absolute Gasteiger partial charge is 0.434 e. The Morgan fingerprint density at radius 1 is 0.967 bits per heavy atom. The maximum Gasteiger partial charge on any atom is 0.434 e. The molecule has 5 nitrogen and oxygen atoms in total. The standard InChI is InChI=1S/C19H12F6N4O/c20-18(21,22)13-6-4-5-12(9-13)10-26-28-17(30)15-11-27-29(16(15)19(23,24)25)14-7-2-1-3-8-14/h1-11H,(H,28,30)/b26-10-. The van der Waals surface area contributed by atoms with E-state index in [0.717, 1.165) is 30.6 Å². The highest BCUT2D eigenvalue weighted by molar-refractivity contribution is 5.96. The van der Waals surface area contributed by atoms with Crippen molar-refractivity contribution in [3.63, 3.8) is 0 Å². The molecule has 0 fully saturated rings. The highest BCUT2D eigenvalue weighted by Crippen LogP contribution is 2.33. The molecule has 0 aliphatic carbocycles. The number of hydrogen-bond donors (Lipinski definition) is 1. The molecule has 1 amide bonds. The third-order valence-corrected chi connectivity index (χ3v) is 3.88. The van der Waals surface area contributed by atoms with Gasteiger partial charge in [-0.3, -0.25) is 4.79 Å². The van der Waals surface area contributed by atoms with E-state index in [1.54, 1.807) is 6.07 Å². The molecule has 0 aliphatic rings. The minimum Gasteiger partial charge on any atom is -0.267 e. The molecular formula is C19H12F6N4O. The van der Waals surface area contributed by atoms with E-state index < -0.39 is 35.1 Å². The van der Waals surface area contributed by atoms with Crippen LogP contribution in [0.2, 0.25) is 0 Å². The Hall–Kier alpha value is -3.63. The van der Waals surface area contributed by atoms with E-state index in [1.807, 2.05) is 5.43 Å². The maximum atomic E-state index is 13.5. The highest BCUT2D eigenvalue weighted by atomic mass is 19.4. The molecule has 3 aromatic rings. The number of carbonyl (C=O) groups is 1. The average Bonchev–Trinajstić information content (AvgIpc) is 3.14. The summed E-state index contributed by atoms with van der Waals surface area (Å²) in [5.74, 6) is -1.22. The minimum absolute atomic E-state index is 0.00107. The van der Waals surface area contributed by atoms with Gasteiger partial charge in [0.05, 0.1) is 29.2 Å². The first-order valence-corrected chi connectivity index (χ1v) is 8.28. The molecule has 0 radical (unpaired) electrons. The van der Waals surface area contributed by atoms with Gasteiger partial charge in [-0.05, 0) is 29.8 Å². The summed E-state index contributed by atoms with van der Waals surface area (Å²) < 4.78 is 79.3. The summed E-state index contributed by atoms with van der Waals surface area (Å²) in [5, 5.41) is 7.09. The first-order valence-electron chi connectivity index (χ1n) is 8.28. The third kappa shape index (κ3) is 4.67. The molecular weight excluding hydrogens is 414 g/mol. The van der Waals surface area contributed by atoms with E-state index in [-0.39, 0.29) is 11.3 Å². The van der Waals surface area contributed by atoms with Crippen molar-refractivity contribution in [3.05, 3.63) is 83.2 Å². The quantitative estimate of drug-likeness (QED) is 0.374. The lowest BCUT2D eigenvalue weighted by molar-refractivity contribution is -0.143. The second kappa shape index (κ2) is 8.01. The second-order valence-electron chi connectivity index (χ2n) is 5.97. The summed E-state index contributed by atoms with van der Waals surface area (Å²) in [6, 6.07) is 11.5. The lowest BCUT2D eigenvalue weighted by Gasteiger charge is -2.12. The predicted molar refractivity (Wildman–Crippen MR) is 95.1 cm³/mol.